The molecular formula is C21H37N5O. The first-order valence-electron chi connectivity index (χ1n) is 10.8. The molecule has 1 saturated heterocycles. The van der Waals surface area contributed by atoms with Gasteiger partial charge in [-0.1, -0.05) is 13.8 Å². The summed E-state index contributed by atoms with van der Waals surface area (Å²) in [7, 11) is 4.23. The largest absolute Gasteiger partial charge is 0.337 e. The van der Waals surface area contributed by atoms with Crippen molar-refractivity contribution in [3.8, 4) is 0 Å². The Morgan fingerprint density at radius 3 is 2.52 bits per heavy atom. The molecule has 2 heterocycles. The smallest absolute Gasteiger partial charge is 0.274 e. The van der Waals surface area contributed by atoms with E-state index in [2.05, 4.69) is 35.8 Å². The fourth-order valence-electron chi connectivity index (χ4n) is 4.59. The second-order valence-corrected chi connectivity index (χ2v) is 8.15. The number of likely N-dealkylation sites (N-methyl/N-ethyl adjacent to an activating group) is 2. The van der Waals surface area contributed by atoms with Crippen LogP contribution < -0.4 is 0 Å². The molecule has 1 amide bonds. The molecule has 3 rings (SSSR count). The second kappa shape index (κ2) is 9.20. The third-order valence-electron chi connectivity index (χ3n) is 6.56. The Bertz CT molecular complexity index is 631. The molecule has 1 fully saturated rings. The number of carbonyl (C=O) groups is 1. The number of aryl methyl sites for hydroxylation is 1. The lowest BCUT2D eigenvalue weighted by Crippen LogP contribution is -2.42. The monoisotopic (exact) mass is 375 g/mol. The summed E-state index contributed by atoms with van der Waals surface area (Å²) in [5.74, 6) is 0.151. The van der Waals surface area contributed by atoms with E-state index >= 15 is 0 Å². The first kappa shape index (κ1) is 20.3. The molecule has 0 N–H and O–H groups in total. The van der Waals surface area contributed by atoms with Gasteiger partial charge in [-0.05, 0) is 58.7 Å². The average Bonchev–Trinajstić information content (AvgIpc) is 3.04. The number of rotatable bonds is 7. The average molecular weight is 376 g/mol. The minimum absolute atomic E-state index is 0.151. The van der Waals surface area contributed by atoms with Crippen LogP contribution in [-0.2, 0) is 19.9 Å². The Labute approximate surface area is 164 Å². The molecule has 0 aromatic carbocycles. The third kappa shape index (κ3) is 4.54. The predicted molar refractivity (Wildman–Crippen MR) is 109 cm³/mol. The maximum absolute atomic E-state index is 13.1. The third-order valence-corrected chi connectivity index (χ3v) is 6.56. The standard InChI is InChI=1S/C21H37N5O/c1-5-25(6-2)15-14-23(3)17-10-11-19-18(16-17)20(22-24(19)4)21(27)26-12-8-7-9-13-26/h17H,5-16H2,1-4H3. The normalized spacial score (nSPS) is 20.4. The minimum atomic E-state index is 0.151. The van der Waals surface area contributed by atoms with Crippen LogP contribution in [0.15, 0.2) is 0 Å². The highest BCUT2D eigenvalue weighted by molar-refractivity contribution is 5.94. The van der Waals surface area contributed by atoms with E-state index in [4.69, 9.17) is 0 Å². The van der Waals surface area contributed by atoms with E-state index in [0.717, 1.165) is 77.1 Å². The summed E-state index contributed by atoms with van der Waals surface area (Å²) in [6.45, 7) is 10.6. The number of amides is 1. The predicted octanol–water partition coefficient (Wildman–Crippen LogP) is 2.18. The van der Waals surface area contributed by atoms with Crippen molar-refractivity contribution in [3.05, 3.63) is 17.0 Å². The lowest BCUT2D eigenvalue weighted by molar-refractivity contribution is 0.0715. The highest BCUT2D eigenvalue weighted by Crippen LogP contribution is 2.28. The molecule has 6 nitrogen and oxygen atoms in total. The zero-order valence-electron chi connectivity index (χ0n) is 17.7. The topological polar surface area (TPSA) is 44.6 Å². The van der Waals surface area contributed by atoms with Crippen LogP contribution >= 0.6 is 0 Å². The summed E-state index contributed by atoms with van der Waals surface area (Å²) in [6, 6.07) is 0.505. The molecule has 1 aliphatic heterocycles. The number of fused-ring (bicyclic) bond motifs is 1. The SMILES string of the molecule is CCN(CC)CCN(C)C1CCc2c(c(C(=O)N3CCCCC3)nn2C)C1. The number of carbonyl (C=O) groups excluding carboxylic acids is 1. The minimum Gasteiger partial charge on any atom is -0.337 e. The fraction of sp³-hybridized carbons (Fsp3) is 0.810. The van der Waals surface area contributed by atoms with Crippen LogP contribution in [0.4, 0.5) is 0 Å². The zero-order valence-corrected chi connectivity index (χ0v) is 17.7. The van der Waals surface area contributed by atoms with Crippen molar-refractivity contribution in [2.24, 2.45) is 7.05 Å². The summed E-state index contributed by atoms with van der Waals surface area (Å²) in [5.41, 5.74) is 3.19. The fourth-order valence-corrected chi connectivity index (χ4v) is 4.59. The van der Waals surface area contributed by atoms with E-state index in [1.807, 2.05) is 16.6 Å². The van der Waals surface area contributed by atoms with Crippen molar-refractivity contribution in [3.63, 3.8) is 0 Å². The number of hydrogen-bond acceptors (Lipinski definition) is 4. The lowest BCUT2D eigenvalue weighted by atomic mass is 9.90. The quantitative estimate of drug-likeness (QED) is 0.733. The summed E-state index contributed by atoms with van der Waals surface area (Å²) in [6.07, 6.45) is 6.61. The summed E-state index contributed by atoms with van der Waals surface area (Å²) in [5, 5.41) is 4.66. The molecule has 0 radical (unpaired) electrons. The molecule has 0 bridgehead atoms. The molecule has 0 spiro atoms. The van der Waals surface area contributed by atoms with Crippen LogP contribution in [0.2, 0.25) is 0 Å². The van der Waals surface area contributed by atoms with E-state index in [1.54, 1.807) is 0 Å². The van der Waals surface area contributed by atoms with Crippen LogP contribution in [-0.4, -0.2) is 82.7 Å². The van der Waals surface area contributed by atoms with Crippen molar-refractivity contribution < 1.29 is 4.79 Å². The molecular weight excluding hydrogens is 338 g/mol. The van der Waals surface area contributed by atoms with Crippen molar-refractivity contribution in [2.75, 3.05) is 46.3 Å². The van der Waals surface area contributed by atoms with Crippen LogP contribution in [0.5, 0.6) is 0 Å². The van der Waals surface area contributed by atoms with Crippen LogP contribution in [0.25, 0.3) is 0 Å². The molecule has 1 atom stereocenters. The molecule has 0 saturated carbocycles. The molecule has 2 aliphatic rings. The number of hydrogen-bond donors (Lipinski definition) is 0. The molecule has 152 valence electrons. The van der Waals surface area contributed by atoms with Gasteiger partial charge in [-0.25, -0.2) is 0 Å². The van der Waals surface area contributed by atoms with Gasteiger partial charge < -0.3 is 14.7 Å². The van der Waals surface area contributed by atoms with Gasteiger partial charge in [0.1, 0.15) is 0 Å². The van der Waals surface area contributed by atoms with Crippen LogP contribution in [0.1, 0.15) is 61.3 Å². The lowest BCUT2D eigenvalue weighted by Gasteiger charge is -2.33. The Balaban J connectivity index is 1.69. The Morgan fingerprint density at radius 1 is 1.15 bits per heavy atom. The molecule has 27 heavy (non-hydrogen) atoms. The number of piperidine rings is 1. The van der Waals surface area contributed by atoms with Gasteiger partial charge in [-0.2, -0.15) is 5.10 Å². The van der Waals surface area contributed by atoms with E-state index < -0.39 is 0 Å². The van der Waals surface area contributed by atoms with Gasteiger partial charge in [0.05, 0.1) is 0 Å². The number of likely N-dealkylation sites (tertiary alicyclic amines) is 1. The van der Waals surface area contributed by atoms with Gasteiger partial charge in [-0.3, -0.25) is 9.48 Å². The molecule has 1 aliphatic carbocycles. The van der Waals surface area contributed by atoms with Gasteiger partial charge in [0.15, 0.2) is 5.69 Å². The first-order chi connectivity index (χ1) is 13.0. The number of nitrogens with zero attached hydrogens (tertiary/aromatic N) is 5. The summed E-state index contributed by atoms with van der Waals surface area (Å²) >= 11 is 0. The van der Waals surface area contributed by atoms with E-state index in [0.29, 0.717) is 6.04 Å². The first-order valence-corrected chi connectivity index (χ1v) is 10.8. The second-order valence-electron chi connectivity index (χ2n) is 8.15. The molecule has 1 unspecified atom stereocenters. The van der Waals surface area contributed by atoms with E-state index in [9.17, 15) is 4.79 Å². The Kier molecular flexibility index (Phi) is 6.93. The maximum atomic E-state index is 13.1. The summed E-state index contributed by atoms with van der Waals surface area (Å²) in [4.78, 5) is 20.1. The molecule has 6 heteroatoms. The molecule has 1 aromatic heterocycles. The van der Waals surface area contributed by atoms with Gasteiger partial charge >= 0.3 is 0 Å². The van der Waals surface area contributed by atoms with Crippen LogP contribution in [0, 0.1) is 0 Å². The summed E-state index contributed by atoms with van der Waals surface area (Å²) < 4.78 is 1.96. The van der Waals surface area contributed by atoms with Crippen molar-refractivity contribution >= 4 is 5.91 Å². The van der Waals surface area contributed by atoms with Crippen molar-refractivity contribution in [1.82, 2.24) is 24.5 Å². The highest BCUT2D eigenvalue weighted by Gasteiger charge is 2.32. The van der Waals surface area contributed by atoms with Crippen molar-refractivity contribution in [2.45, 2.75) is 58.4 Å². The maximum Gasteiger partial charge on any atom is 0.274 e. The van der Waals surface area contributed by atoms with Crippen LogP contribution in [0.3, 0.4) is 0 Å². The Morgan fingerprint density at radius 2 is 1.85 bits per heavy atom. The van der Waals surface area contributed by atoms with Gasteiger partial charge in [0.25, 0.3) is 5.91 Å². The van der Waals surface area contributed by atoms with Crippen molar-refractivity contribution in [1.29, 1.82) is 0 Å². The zero-order chi connectivity index (χ0) is 19.4. The van der Waals surface area contributed by atoms with Gasteiger partial charge in [0.2, 0.25) is 0 Å². The van der Waals surface area contributed by atoms with E-state index in [-0.39, 0.29) is 5.91 Å². The van der Waals surface area contributed by atoms with Gasteiger partial charge in [0, 0.05) is 50.5 Å². The number of aromatic nitrogens is 2. The molecule has 1 aromatic rings. The Hall–Kier alpha value is -1.40. The highest BCUT2D eigenvalue weighted by atomic mass is 16.2. The van der Waals surface area contributed by atoms with E-state index in [1.165, 1.54) is 17.7 Å². The van der Waals surface area contributed by atoms with Gasteiger partial charge in [-0.15, -0.1) is 0 Å².